The van der Waals surface area contributed by atoms with Crippen LogP contribution >= 0.6 is 11.6 Å². The second-order valence-electron chi connectivity index (χ2n) is 7.11. The summed E-state index contributed by atoms with van der Waals surface area (Å²) in [5.41, 5.74) is 7.27. The molecule has 21 heavy (non-hydrogen) atoms. The second-order valence-corrected chi connectivity index (χ2v) is 7.52. The summed E-state index contributed by atoms with van der Waals surface area (Å²) in [4.78, 5) is 14.7. The largest absolute Gasteiger partial charge is 0.342 e. The summed E-state index contributed by atoms with van der Waals surface area (Å²) in [6, 6.07) is 8.04. The molecule has 3 unspecified atom stereocenters. The van der Waals surface area contributed by atoms with Gasteiger partial charge in [-0.1, -0.05) is 43.6 Å². The van der Waals surface area contributed by atoms with Crippen LogP contribution in [-0.4, -0.2) is 29.9 Å². The molecule has 3 atom stereocenters. The standard InChI is InChI=1S/C17H23ClN2O/c1-17(2)10-20(8-7-15(17)19)16(21)13-9-12(13)11-5-3-4-6-14(11)18/h3-6,12-13,15H,7-10,19H2,1-2H3. The van der Waals surface area contributed by atoms with E-state index in [1.54, 1.807) is 0 Å². The monoisotopic (exact) mass is 306 g/mol. The SMILES string of the molecule is CC1(C)CN(C(=O)C2CC2c2ccccc2Cl)CCC1N. The van der Waals surface area contributed by atoms with Crippen LogP contribution in [0.1, 0.15) is 38.2 Å². The van der Waals surface area contributed by atoms with E-state index in [1.807, 2.05) is 29.2 Å². The Balaban J connectivity index is 1.67. The van der Waals surface area contributed by atoms with E-state index in [-0.39, 0.29) is 23.3 Å². The fraction of sp³-hybridized carbons (Fsp3) is 0.588. The first-order chi connectivity index (χ1) is 9.90. The average molecular weight is 307 g/mol. The van der Waals surface area contributed by atoms with Crippen molar-refractivity contribution in [2.45, 2.75) is 38.6 Å². The van der Waals surface area contributed by atoms with Gasteiger partial charge in [0, 0.05) is 30.1 Å². The van der Waals surface area contributed by atoms with E-state index < -0.39 is 0 Å². The number of hydrogen-bond donors (Lipinski definition) is 1. The van der Waals surface area contributed by atoms with Gasteiger partial charge in [0.1, 0.15) is 0 Å². The van der Waals surface area contributed by atoms with Gasteiger partial charge in [-0.2, -0.15) is 0 Å². The maximum absolute atomic E-state index is 12.7. The number of likely N-dealkylation sites (tertiary alicyclic amines) is 1. The third kappa shape index (κ3) is 2.82. The van der Waals surface area contributed by atoms with Gasteiger partial charge in [0.25, 0.3) is 0 Å². The van der Waals surface area contributed by atoms with Crippen LogP contribution in [0.3, 0.4) is 0 Å². The van der Waals surface area contributed by atoms with Crippen molar-refractivity contribution in [1.29, 1.82) is 0 Å². The third-order valence-electron chi connectivity index (χ3n) is 5.04. The fourth-order valence-electron chi connectivity index (χ4n) is 3.38. The van der Waals surface area contributed by atoms with Gasteiger partial charge in [0.05, 0.1) is 0 Å². The Kier molecular flexibility index (Phi) is 3.74. The van der Waals surface area contributed by atoms with Gasteiger partial charge in [-0.3, -0.25) is 4.79 Å². The Morgan fingerprint density at radius 2 is 2.10 bits per heavy atom. The Bertz CT molecular complexity index is 557. The molecule has 0 spiro atoms. The van der Waals surface area contributed by atoms with E-state index in [4.69, 9.17) is 17.3 Å². The minimum atomic E-state index is 0.00267. The molecule has 3 nitrogen and oxygen atoms in total. The van der Waals surface area contributed by atoms with Crippen LogP contribution in [0.2, 0.25) is 5.02 Å². The minimum Gasteiger partial charge on any atom is -0.342 e. The van der Waals surface area contributed by atoms with E-state index >= 15 is 0 Å². The van der Waals surface area contributed by atoms with Crippen LogP contribution in [0.25, 0.3) is 0 Å². The molecule has 2 N–H and O–H groups in total. The van der Waals surface area contributed by atoms with Crippen LogP contribution in [0.4, 0.5) is 0 Å². The highest BCUT2D eigenvalue weighted by Gasteiger charge is 2.48. The zero-order valence-electron chi connectivity index (χ0n) is 12.7. The molecule has 1 aliphatic carbocycles. The molecule has 0 aromatic heterocycles. The summed E-state index contributed by atoms with van der Waals surface area (Å²) in [6.07, 6.45) is 1.81. The lowest BCUT2D eigenvalue weighted by molar-refractivity contribution is -0.136. The molecule has 114 valence electrons. The molecular formula is C17H23ClN2O. The number of nitrogens with zero attached hydrogens (tertiary/aromatic N) is 1. The zero-order chi connectivity index (χ0) is 15.2. The van der Waals surface area contributed by atoms with Crippen molar-refractivity contribution in [3.63, 3.8) is 0 Å². The Labute approximate surface area is 131 Å². The molecule has 1 saturated heterocycles. The zero-order valence-corrected chi connectivity index (χ0v) is 13.4. The van der Waals surface area contributed by atoms with Gasteiger partial charge in [0.2, 0.25) is 5.91 Å². The number of benzene rings is 1. The second kappa shape index (κ2) is 5.29. The summed E-state index contributed by atoms with van der Waals surface area (Å²) in [5.74, 6) is 0.680. The van der Waals surface area contributed by atoms with E-state index in [0.717, 1.165) is 36.5 Å². The number of carbonyl (C=O) groups excluding carboxylic acids is 1. The lowest BCUT2D eigenvalue weighted by atomic mass is 9.79. The van der Waals surface area contributed by atoms with Crippen LogP contribution in [0.5, 0.6) is 0 Å². The molecule has 2 aliphatic rings. The molecule has 3 rings (SSSR count). The van der Waals surface area contributed by atoms with Crippen LogP contribution < -0.4 is 5.73 Å². The Morgan fingerprint density at radius 3 is 2.76 bits per heavy atom. The van der Waals surface area contributed by atoms with Crippen molar-refractivity contribution in [2.75, 3.05) is 13.1 Å². The topological polar surface area (TPSA) is 46.3 Å². The van der Waals surface area contributed by atoms with Crippen molar-refractivity contribution in [3.05, 3.63) is 34.9 Å². The smallest absolute Gasteiger partial charge is 0.226 e. The van der Waals surface area contributed by atoms with Gasteiger partial charge >= 0.3 is 0 Å². The minimum absolute atomic E-state index is 0.00267. The number of nitrogens with two attached hydrogens (primary N) is 1. The Hall–Kier alpha value is -1.06. The van der Waals surface area contributed by atoms with E-state index in [0.29, 0.717) is 5.92 Å². The first-order valence-electron chi connectivity index (χ1n) is 7.69. The summed E-state index contributed by atoms with van der Waals surface area (Å²) >= 11 is 6.24. The number of carbonyl (C=O) groups is 1. The van der Waals surface area contributed by atoms with Gasteiger partial charge in [-0.15, -0.1) is 0 Å². The van der Waals surface area contributed by atoms with Crippen molar-refractivity contribution >= 4 is 17.5 Å². The molecule has 0 bridgehead atoms. The van der Waals surface area contributed by atoms with E-state index in [1.165, 1.54) is 0 Å². The number of amides is 1. The number of rotatable bonds is 2. The molecule has 1 saturated carbocycles. The fourth-order valence-corrected chi connectivity index (χ4v) is 3.66. The quantitative estimate of drug-likeness (QED) is 0.913. The normalized spacial score (nSPS) is 31.0. The number of piperidine rings is 1. The molecule has 1 aromatic carbocycles. The summed E-state index contributed by atoms with van der Waals surface area (Å²) in [6.45, 7) is 5.85. The highest BCUT2D eigenvalue weighted by atomic mass is 35.5. The maximum Gasteiger partial charge on any atom is 0.226 e. The Morgan fingerprint density at radius 1 is 1.38 bits per heavy atom. The average Bonchev–Trinajstić information content (AvgIpc) is 3.22. The van der Waals surface area contributed by atoms with E-state index in [2.05, 4.69) is 13.8 Å². The lowest BCUT2D eigenvalue weighted by Gasteiger charge is -2.42. The summed E-state index contributed by atoms with van der Waals surface area (Å²) in [5, 5.41) is 0.777. The molecule has 4 heteroatoms. The van der Waals surface area contributed by atoms with Crippen molar-refractivity contribution in [1.82, 2.24) is 4.90 Å². The first kappa shape index (κ1) is 14.9. The highest BCUT2D eigenvalue weighted by molar-refractivity contribution is 6.31. The molecule has 1 aliphatic heterocycles. The van der Waals surface area contributed by atoms with Crippen molar-refractivity contribution in [2.24, 2.45) is 17.1 Å². The highest BCUT2D eigenvalue weighted by Crippen LogP contribution is 2.50. The van der Waals surface area contributed by atoms with Crippen LogP contribution in [0, 0.1) is 11.3 Å². The third-order valence-corrected chi connectivity index (χ3v) is 5.38. The maximum atomic E-state index is 12.7. The van der Waals surface area contributed by atoms with Crippen molar-refractivity contribution in [3.8, 4) is 0 Å². The summed E-state index contributed by atoms with van der Waals surface area (Å²) < 4.78 is 0. The van der Waals surface area contributed by atoms with Gasteiger partial charge in [-0.05, 0) is 35.8 Å². The number of hydrogen-bond acceptors (Lipinski definition) is 2. The summed E-state index contributed by atoms with van der Waals surface area (Å²) in [7, 11) is 0. The first-order valence-corrected chi connectivity index (χ1v) is 8.07. The van der Waals surface area contributed by atoms with Crippen LogP contribution in [-0.2, 0) is 4.79 Å². The molecule has 1 amide bonds. The van der Waals surface area contributed by atoms with Gasteiger partial charge in [0.15, 0.2) is 0 Å². The predicted molar refractivity (Wildman–Crippen MR) is 85.3 cm³/mol. The lowest BCUT2D eigenvalue weighted by Crippen LogP contribution is -2.54. The van der Waals surface area contributed by atoms with E-state index in [9.17, 15) is 4.79 Å². The van der Waals surface area contributed by atoms with Gasteiger partial charge < -0.3 is 10.6 Å². The van der Waals surface area contributed by atoms with Gasteiger partial charge in [-0.25, -0.2) is 0 Å². The molecule has 0 radical (unpaired) electrons. The molecule has 1 aromatic rings. The molecular weight excluding hydrogens is 284 g/mol. The molecule has 2 fully saturated rings. The number of halogens is 1. The predicted octanol–water partition coefficient (Wildman–Crippen LogP) is 3.03. The van der Waals surface area contributed by atoms with Crippen molar-refractivity contribution < 1.29 is 4.79 Å². The molecule has 1 heterocycles. The van der Waals surface area contributed by atoms with Crippen LogP contribution in [0.15, 0.2) is 24.3 Å².